The van der Waals surface area contributed by atoms with E-state index in [9.17, 15) is 4.79 Å². The number of ether oxygens (including phenoxy) is 1. The molecule has 7 rings (SSSR count). The fourth-order valence-electron chi connectivity index (χ4n) is 6.17. The molecule has 0 bridgehead atoms. The molecular weight excluding hydrogens is 673 g/mol. The Morgan fingerprint density at radius 2 is 1.65 bits per heavy atom. The molecule has 1 aromatic heterocycles. The molecule has 2 heterocycles. The first kappa shape index (κ1) is 32.9. The molecule has 0 saturated carbocycles. The molecule has 0 fully saturated rings. The van der Waals surface area contributed by atoms with Crippen molar-refractivity contribution in [3.8, 4) is 22.8 Å². The maximum atomic E-state index is 14.2. The first-order valence-electron chi connectivity index (χ1n) is 16.0. The molecule has 1 amide bonds. The number of hydrogen-bond donors (Lipinski definition) is 0. The lowest BCUT2D eigenvalue weighted by molar-refractivity contribution is -0.130. The van der Waals surface area contributed by atoms with Crippen LogP contribution in [0.3, 0.4) is 0 Å². The van der Waals surface area contributed by atoms with E-state index in [1.54, 1.807) is 24.3 Å². The first-order valence-corrected chi connectivity index (χ1v) is 17.7. The van der Waals surface area contributed by atoms with Crippen LogP contribution in [0.25, 0.3) is 27.8 Å². The number of thioether (sulfide) groups is 1. The number of hydrogen-bond acceptors (Lipinski definition) is 6. The van der Waals surface area contributed by atoms with E-state index in [1.807, 2.05) is 65.2 Å². The van der Waals surface area contributed by atoms with E-state index in [-0.39, 0.29) is 23.6 Å². The van der Waals surface area contributed by atoms with Crippen molar-refractivity contribution in [2.45, 2.75) is 37.4 Å². The summed E-state index contributed by atoms with van der Waals surface area (Å²) in [6.07, 6.45) is 0.582. The normalized spacial score (nSPS) is 14.4. The molecule has 0 saturated heterocycles. The maximum Gasteiger partial charge on any atom is 0.253 e. The molecule has 0 N–H and O–H groups in total. The van der Waals surface area contributed by atoms with Crippen molar-refractivity contribution in [2.75, 3.05) is 12.9 Å². The molecule has 1 aliphatic rings. The van der Waals surface area contributed by atoms with Gasteiger partial charge in [-0.2, -0.15) is 5.10 Å². The van der Waals surface area contributed by atoms with Crippen LogP contribution in [-0.4, -0.2) is 44.3 Å². The second-order valence-electron chi connectivity index (χ2n) is 12.1. The van der Waals surface area contributed by atoms with Crippen LogP contribution in [0.1, 0.15) is 48.9 Å². The summed E-state index contributed by atoms with van der Waals surface area (Å²) in [5.74, 6) is 1.50. The van der Waals surface area contributed by atoms with E-state index in [0.717, 1.165) is 44.6 Å². The van der Waals surface area contributed by atoms with Gasteiger partial charge >= 0.3 is 0 Å². The number of carbonyl (C=O) groups is 1. The average Bonchev–Trinajstić information content (AvgIpc) is 3.76. The van der Waals surface area contributed by atoms with Crippen molar-refractivity contribution in [3.05, 3.63) is 136 Å². The summed E-state index contributed by atoms with van der Waals surface area (Å²) in [6, 6.07) is 35.6. The summed E-state index contributed by atoms with van der Waals surface area (Å²) in [4.78, 5) is 14.2. The van der Waals surface area contributed by atoms with Gasteiger partial charge in [-0.25, -0.2) is 5.01 Å². The van der Waals surface area contributed by atoms with E-state index >= 15 is 0 Å². The smallest absolute Gasteiger partial charge is 0.253 e. The molecule has 0 spiro atoms. The molecule has 6 aromatic rings. The minimum atomic E-state index is -0.275. The van der Waals surface area contributed by atoms with E-state index in [1.165, 1.54) is 11.8 Å². The summed E-state index contributed by atoms with van der Waals surface area (Å²) < 4.78 is 7.38. The zero-order valence-electron chi connectivity index (χ0n) is 27.2. The molecule has 10 heteroatoms. The number of para-hydroxylation sites is 1. The van der Waals surface area contributed by atoms with E-state index in [0.29, 0.717) is 33.0 Å². The zero-order valence-corrected chi connectivity index (χ0v) is 29.5. The number of nitrogens with zero attached hydrogens (tertiary/aromatic N) is 5. The number of aromatic nitrogens is 3. The van der Waals surface area contributed by atoms with Gasteiger partial charge in [0.1, 0.15) is 5.75 Å². The average molecular weight is 707 g/mol. The minimum absolute atomic E-state index is 0.0947. The van der Waals surface area contributed by atoms with Crippen molar-refractivity contribution < 1.29 is 9.53 Å². The molecular formula is C39H33Cl2N5O2S. The lowest BCUT2D eigenvalue weighted by atomic mass is 9.97. The molecule has 49 heavy (non-hydrogen) atoms. The predicted molar refractivity (Wildman–Crippen MR) is 199 cm³/mol. The molecule has 1 aliphatic heterocycles. The van der Waals surface area contributed by atoms with Crippen LogP contribution < -0.4 is 4.74 Å². The third kappa shape index (κ3) is 6.69. The Labute approximate surface area is 299 Å². The van der Waals surface area contributed by atoms with Gasteiger partial charge < -0.3 is 4.74 Å². The van der Waals surface area contributed by atoms with Gasteiger partial charge in [0.05, 0.1) is 35.3 Å². The number of halogens is 2. The number of fused-ring (bicyclic) bond motifs is 1. The Morgan fingerprint density at radius 1 is 0.898 bits per heavy atom. The van der Waals surface area contributed by atoms with Crippen molar-refractivity contribution >= 4 is 57.4 Å². The quantitative estimate of drug-likeness (QED) is 0.140. The third-order valence-corrected chi connectivity index (χ3v) is 10.1. The summed E-state index contributed by atoms with van der Waals surface area (Å²) >= 11 is 14.2. The second-order valence-corrected chi connectivity index (χ2v) is 13.9. The number of methoxy groups -OCH3 is 1. The Hall–Kier alpha value is -4.63. The van der Waals surface area contributed by atoms with Gasteiger partial charge in [0.15, 0.2) is 11.0 Å². The molecule has 7 nitrogen and oxygen atoms in total. The third-order valence-electron chi connectivity index (χ3n) is 8.68. The molecule has 1 atom stereocenters. The molecule has 0 aliphatic carbocycles. The molecule has 0 radical (unpaired) electrons. The summed E-state index contributed by atoms with van der Waals surface area (Å²) in [5, 5.41) is 19.6. The van der Waals surface area contributed by atoms with Crippen LogP contribution >= 0.6 is 35.0 Å². The lowest BCUT2D eigenvalue weighted by Gasteiger charge is -2.22. The fraction of sp³-hybridized carbons (Fsp3) is 0.179. The molecule has 246 valence electrons. The highest BCUT2D eigenvalue weighted by Crippen LogP contribution is 2.38. The molecule has 5 aromatic carbocycles. The van der Waals surface area contributed by atoms with Crippen LogP contribution in [-0.2, 0) is 4.79 Å². The van der Waals surface area contributed by atoms with Gasteiger partial charge in [0.25, 0.3) is 5.91 Å². The fourth-order valence-corrected chi connectivity index (χ4v) is 7.46. The van der Waals surface area contributed by atoms with Gasteiger partial charge in [-0.15, -0.1) is 10.2 Å². The Balaban J connectivity index is 1.24. The largest absolute Gasteiger partial charge is 0.497 e. The van der Waals surface area contributed by atoms with E-state index < -0.39 is 0 Å². The topological polar surface area (TPSA) is 72.6 Å². The monoisotopic (exact) mass is 705 g/mol. The van der Waals surface area contributed by atoms with Crippen LogP contribution in [0.2, 0.25) is 10.0 Å². The number of hydrazone groups is 1. The summed E-state index contributed by atoms with van der Waals surface area (Å²) in [6.45, 7) is 4.29. The predicted octanol–water partition coefficient (Wildman–Crippen LogP) is 10.00. The van der Waals surface area contributed by atoms with Gasteiger partial charge in [0.2, 0.25) is 0 Å². The van der Waals surface area contributed by atoms with Crippen molar-refractivity contribution in [1.82, 2.24) is 19.8 Å². The highest BCUT2D eigenvalue weighted by Gasteiger charge is 2.34. The summed E-state index contributed by atoms with van der Waals surface area (Å²) in [7, 11) is 1.64. The summed E-state index contributed by atoms with van der Waals surface area (Å²) in [5.41, 5.74) is 5.57. The lowest BCUT2D eigenvalue weighted by Crippen LogP contribution is -2.28. The highest BCUT2D eigenvalue weighted by molar-refractivity contribution is 7.99. The van der Waals surface area contributed by atoms with Crippen molar-refractivity contribution in [1.29, 1.82) is 0 Å². The standard InChI is InChI=1S/C39H33Cl2N5O2S/c1-24(2)31-10-6-7-11-35(31)45-38(32-19-16-29(40)21-33(32)41)42-43-39(45)49-23-37(47)46-36(26-14-17-30(48-3)18-15-26)22-34(44-46)28-13-12-25-8-4-5-9-27(25)20-28/h4-21,24,36H,22-23H2,1-3H3. The highest BCUT2D eigenvalue weighted by atomic mass is 35.5. The Morgan fingerprint density at radius 3 is 2.41 bits per heavy atom. The van der Waals surface area contributed by atoms with Crippen molar-refractivity contribution in [2.24, 2.45) is 5.10 Å². The number of carbonyl (C=O) groups excluding carboxylic acids is 1. The van der Waals surface area contributed by atoms with Crippen LogP contribution in [0.15, 0.2) is 119 Å². The number of rotatable bonds is 9. The zero-order chi connectivity index (χ0) is 34.1. The van der Waals surface area contributed by atoms with Crippen LogP contribution in [0.5, 0.6) is 5.75 Å². The SMILES string of the molecule is COc1ccc(C2CC(c3ccc4ccccc4c3)=NN2C(=O)CSc2nnc(-c3ccc(Cl)cc3Cl)n2-c2ccccc2C(C)C)cc1. The number of benzene rings is 5. The Kier molecular flexibility index (Phi) is 9.45. The first-order chi connectivity index (χ1) is 23.8. The Bertz CT molecular complexity index is 2200. The minimum Gasteiger partial charge on any atom is -0.497 e. The van der Waals surface area contributed by atoms with Crippen LogP contribution in [0.4, 0.5) is 0 Å². The molecule has 1 unspecified atom stereocenters. The second kappa shape index (κ2) is 14.1. The van der Waals surface area contributed by atoms with E-state index in [2.05, 4.69) is 60.4 Å². The van der Waals surface area contributed by atoms with Gasteiger partial charge in [0, 0.05) is 17.0 Å². The van der Waals surface area contributed by atoms with Crippen LogP contribution in [0, 0.1) is 0 Å². The van der Waals surface area contributed by atoms with E-state index in [4.69, 9.17) is 33.0 Å². The number of amides is 1. The van der Waals surface area contributed by atoms with Gasteiger partial charge in [-0.05, 0) is 75.8 Å². The van der Waals surface area contributed by atoms with Gasteiger partial charge in [-0.1, -0.05) is 116 Å². The van der Waals surface area contributed by atoms with Gasteiger partial charge in [-0.3, -0.25) is 9.36 Å². The van der Waals surface area contributed by atoms with Crippen molar-refractivity contribution in [3.63, 3.8) is 0 Å². The maximum absolute atomic E-state index is 14.2.